The molecule has 0 spiro atoms. The molecule has 0 radical (unpaired) electrons. The summed E-state index contributed by atoms with van der Waals surface area (Å²) in [6, 6.07) is 9.22. The number of fused-ring (bicyclic) bond motifs is 1. The normalized spacial score (nSPS) is 11.7. The van der Waals surface area contributed by atoms with Crippen molar-refractivity contribution < 1.29 is 22.3 Å². The van der Waals surface area contributed by atoms with Crippen molar-refractivity contribution in [3.8, 4) is 0 Å². The van der Waals surface area contributed by atoms with E-state index in [0.717, 1.165) is 11.8 Å². The van der Waals surface area contributed by atoms with Crippen molar-refractivity contribution in [1.82, 2.24) is 0 Å². The smallest absolute Gasteiger partial charge is 0.266 e. The lowest BCUT2D eigenvalue weighted by Gasteiger charge is -2.10. The van der Waals surface area contributed by atoms with Gasteiger partial charge in [-0.05, 0) is 36.8 Å². The molecule has 27 heavy (non-hydrogen) atoms. The second kappa shape index (κ2) is 7.38. The van der Waals surface area contributed by atoms with Gasteiger partial charge >= 0.3 is 0 Å². The second-order valence-corrected chi connectivity index (χ2v) is 9.23. The number of hydrogen-bond donors (Lipinski definition) is 1. The summed E-state index contributed by atoms with van der Waals surface area (Å²) in [5.41, 5.74) is 1.59. The highest BCUT2D eigenvalue weighted by Crippen LogP contribution is 2.34. The minimum Gasteiger partial charge on any atom is -0.380 e. The molecule has 0 saturated carbocycles. The molecule has 0 unspecified atom stereocenters. The van der Waals surface area contributed by atoms with E-state index in [0.29, 0.717) is 26.2 Å². The van der Waals surface area contributed by atoms with Crippen LogP contribution in [0.1, 0.15) is 20.8 Å². The largest absolute Gasteiger partial charge is 0.380 e. The first-order valence-corrected chi connectivity index (χ1v) is 10.7. The molecule has 142 valence electrons. The first kappa shape index (κ1) is 19.5. The number of anilines is 1. The number of methoxy groups -OCH3 is 1. The Labute approximate surface area is 160 Å². The number of carbonyl (C=O) groups is 1. The number of ether oxygens (including phenoxy) is 1. The Morgan fingerprint density at radius 2 is 2.00 bits per heavy atom. The lowest BCUT2D eigenvalue weighted by atomic mass is 10.1. The van der Waals surface area contributed by atoms with Crippen LogP contribution in [0.25, 0.3) is 10.1 Å². The van der Waals surface area contributed by atoms with Gasteiger partial charge in [-0.25, -0.2) is 12.8 Å². The van der Waals surface area contributed by atoms with Crippen molar-refractivity contribution >= 4 is 42.9 Å². The molecule has 1 N–H and O–H groups in total. The molecule has 0 bridgehead atoms. The SMILES string of the molecule is COCc1c(C(=O)Nc2cc(S(C)(=O)=O)ccc2C)sc2cccc(F)c12. The Hall–Kier alpha value is -2.29. The standard InChI is InChI=1S/C19H18FNO4S2/c1-11-7-8-12(27(3,23)24)9-15(11)21-19(22)18-13(10-25-2)17-14(20)5-4-6-16(17)26-18/h4-9H,10H2,1-3H3,(H,21,22). The van der Waals surface area contributed by atoms with Crippen LogP contribution in [-0.4, -0.2) is 27.7 Å². The minimum absolute atomic E-state index is 0.0893. The maximum absolute atomic E-state index is 14.3. The molecule has 8 heteroatoms. The second-order valence-electron chi connectivity index (χ2n) is 6.16. The summed E-state index contributed by atoms with van der Waals surface area (Å²) in [6.45, 7) is 1.86. The summed E-state index contributed by atoms with van der Waals surface area (Å²) in [4.78, 5) is 13.3. The van der Waals surface area contributed by atoms with Crippen LogP contribution in [0.2, 0.25) is 0 Å². The van der Waals surface area contributed by atoms with Crippen molar-refractivity contribution in [1.29, 1.82) is 0 Å². The fourth-order valence-corrected chi connectivity index (χ4v) is 4.54. The first-order valence-electron chi connectivity index (χ1n) is 8.03. The fourth-order valence-electron chi connectivity index (χ4n) is 2.78. The number of nitrogens with one attached hydrogen (secondary N) is 1. The molecule has 0 aliphatic heterocycles. The summed E-state index contributed by atoms with van der Waals surface area (Å²) in [5, 5.41) is 3.12. The van der Waals surface area contributed by atoms with E-state index in [4.69, 9.17) is 4.74 Å². The number of thiophene rings is 1. The van der Waals surface area contributed by atoms with Gasteiger partial charge in [0.2, 0.25) is 0 Å². The number of aryl methyl sites for hydroxylation is 1. The van der Waals surface area contributed by atoms with Crippen LogP contribution in [-0.2, 0) is 21.2 Å². The van der Waals surface area contributed by atoms with E-state index in [9.17, 15) is 17.6 Å². The molecule has 0 atom stereocenters. The molecule has 3 rings (SSSR count). The van der Waals surface area contributed by atoms with Crippen molar-refractivity contribution in [2.24, 2.45) is 0 Å². The Morgan fingerprint density at radius 1 is 1.26 bits per heavy atom. The van der Waals surface area contributed by atoms with E-state index in [1.54, 1.807) is 25.1 Å². The van der Waals surface area contributed by atoms with Crippen molar-refractivity contribution in [3.05, 3.63) is 58.2 Å². The van der Waals surface area contributed by atoms with Crippen LogP contribution in [0.5, 0.6) is 0 Å². The van der Waals surface area contributed by atoms with Gasteiger partial charge in [0.05, 0.1) is 16.4 Å². The molecule has 0 aliphatic carbocycles. The summed E-state index contributed by atoms with van der Waals surface area (Å²) in [6.07, 6.45) is 1.11. The molecular formula is C19H18FNO4S2. The van der Waals surface area contributed by atoms with Crippen molar-refractivity contribution in [3.63, 3.8) is 0 Å². The van der Waals surface area contributed by atoms with Gasteiger partial charge in [-0.3, -0.25) is 4.79 Å². The highest BCUT2D eigenvalue weighted by molar-refractivity contribution is 7.90. The lowest BCUT2D eigenvalue weighted by molar-refractivity contribution is 0.102. The average molecular weight is 407 g/mol. The lowest BCUT2D eigenvalue weighted by Crippen LogP contribution is -2.14. The van der Waals surface area contributed by atoms with Crippen LogP contribution >= 0.6 is 11.3 Å². The van der Waals surface area contributed by atoms with E-state index < -0.39 is 21.6 Å². The number of benzene rings is 2. The number of amides is 1. The van der Waals surface area contributed by atoms with Crippen LogP contribution in [0.15, 0.2) is 41.3 Å². The molecule has 0 fully saturated rings. The maximum Gasteiger partial charge on any atom is 0.266 e. The highest BCUT2D eigenvalue weighted by Gasteiger charge is 2.21. The summed E-state index contributed by atoms with van der Waals surface area (Å²) >= 11 is 1.17. The summed E-state index contributed by atoms with van der Waals surface area (Å²) in [7, 11) is -1.93. The Morgan fingerprint density at radius 3 is 2.67 bits per heavy atom. The van der Waals surface area contributed by atoms with Gasteiger partial charge < -0.3 is 10.1 Å². The maximum atomic E-state index is 14.3. The average Bonchev–Trinajstić information content (AvgIpc) is 2.96. The summed E-state index contributed by atoms with van der Waals surface area (Å²) < 4.78 is 43.6. The van der Waals surface area contributed by atoms with Crippen LogP contribution in [0.4, 0.5) is 10.1 Å². The Bertz CT molecular complexity index is 1140. The monoisotopic (exact) mass is 407 g/mol. The van der Waals surface area contributed by atoms with E-state index >= 15 is 0 Å². The third-order valence-corrected chi connectivity index (χ3v) is 6.45. The predicted octanol–water partition coefficient (Wildman–Crippen LogP) is 4.15. The number of rotatable bonds is 5. The number of hydrogen-bond acceptors (Lipinski definition) is 5. The van der Waals surface area contributed by atoms with Gasteiger partial charge in [0.15, 0.2) is 9.84 Å². The van der Waals surface area contributed by atoms with Gasteiger partial charge in [-0.2, -0.15) is 0 Å². The quantitative estimate of drug-likeness (QED) is 0.690. The van der Waals surface area contributed by atoms with Crippen LogP contribution in [0, 0.1) is 12.7 Å². The fraction of sp³-hybridized carbons (Fsp3) is 0.211. The topological polar surface area (TPSA) is 72.5 Å². The molecule has 3 aromatic rings. The van der Waals surface area contributed by atoms with Gasteiger partial charge in [-0.15, -0.1) is 11.3 Å². The molecular weight excluding hydrogens is 389 g/mol. The molecule has 1 heterocycles. The predicted molar refractivity (Wildman–Crippen MR) is 105 cm³/mol. The zero-order valence-corrected chi connectivity index (χ0v) is 16.6. The molecule has 1 amide bonds. The molecule has 0 aliphatic rings. The van der Waals surface area contributed by atoms with Crippen LogP contribution in [0.3, 0.4) is 0 Å². The zero-order valence-electron chi connectivity index (χ0n) is 15.0. The van der Waals surface area contributed by atoms with Crippen LogP contribution < -0.4 is 5.32 Å². The van der Waals surface area contributed by atoms with Gasteiger partial charge in [-0.1, -0.05) is 12.1 Å². The third kappa shape index (κ3) is 3.87. The third-order valence-electron chi connectivity index (χ3n) is 4.14. The molecule has 1 aromatic heterocycles. The number of halogens is 1. The minimum atomic E-state index is -3.40. The van der Waals surface area contributed by atoms with E-state index in [1.807, 2.05) is 0 Å². The number of sulfone groups is 1. The van der Waals surface area contributed by atoms with Gasteiger partial charge in [0.25, 0.3) is 5.91 Å². The Kier molecular flexibility index (Phi) is 5.32. The van der Waals surface area contributed by atoms with Crippen molar-refractivity contribution in [2.45, 2.75) is 18.4 Å². The molecule has 5 nitrogen and oxygen atoms in total. The first-order chi connectivity index (χ1) is 12.7. The zero-order chi connectivity index (χ0) is 19.8. The highest BCUT2D eigenvalue weighted by atomic mass is 32.2. The van der Waals surface area contributed by atoms with E-state index in [1.165, 1.54) is 36.6 Å². The van der Waals surface area contributed by atoms with Crippen molar-refractivity contribution in [2.75, 3.05) is 18.7 Å². The van der Waals surface area contributed by atoms with Gasteiger partial charge in [0, 0.05) is 34.7 Å². The van der Waals surface area contributed by atoms with E-state index in [2.05, 4.69) is 5.32 Å². The van der Waals surface area contributed by atoms with Gasteiger partial charge in [0.1, 0.15) is 5.82 Å². The molecule has 2 aromatic carbocycles. The molecule has 0 saturated heterocycles. The van der Waals surface area contributed by atoms with E-state index in [-0.39, 0.29) is 11.5 Å². The Balaban J connectivity index is 2.05. The number of carbonyl (C=O) groups excluding carboxylic acids is 1. The summed E-state index contributed by atoms with van der Waals surface area (Å²) in [5.74, 6) is -0.846.